The summed E-state index contributed by atoms with van der Waals surface area (Å²) in [7, 11) is 3.12. The number of imide groups is 1. The highest BCUT2D eigenvalue weighted by atomic mass is 32.2. The minimum atomic E-state index is -0.361. The first kappa shape index (κ1) is 21.7. The third kappa shape index (κ3) is 4.14. The van der Waals surface area contributed by atoms with Gasteiger partial charge in [-0.1, -0.05) is 48.5 Å². The lowest BCUT2D eigenvalue weighted by atomic mass is 10.1. The van der Waals surface area contributed by atoms with Crippen molar-refractivity contribution < 1.29 is 19.1 Å². The number of carbonyl (C=O) groups excluding carboxylic acids is 2. The van der Waals surface area contributed by atoms with Crippen molar-refractivity contribution >= 4 is 34.8 Å². The minimum Gasteiger partial charge on any atom is -0.497 e. The summed E-state index contributed by atoms with van der Waals surface area (Å²) in [5.74, 6) is 1.03. The van der Waals surface area contributed by atoms with Gasteiger partial charge in [-0.05, 0) is 47.9 Å². The second-order valence-electron chi connectivity index (χ2n) is 7.33. The fourth-order valence-electron chi connectivity index (χ4n) is 3.58. The maximum atomic E-state index is 13.6. The first-order valence-corrected chi connectivity index (χ1v) is 11.1. The molecule has 0 saturated carbocycles. The first-order valence-electron chi connectivity index (χ1n) is 10.1. The molecule has 0 spiro atoms. The number of aryl methyl sites for hydroxylation is 1. The second-order valence-corrected chi connectivity index (χ2v) is 8.31. The van der Waals surface area contributed by atoms with Crippen LogP contribution in [0.4, 0.5) is 5.69 Å². The number of amides is 2. The Morgan fingerprint density at radius 3 is 2.22 bits per heavy atom. The highest BCUT2D eigenvalue weighted by molar-refractivity contribution is 8.03. The van der Waals surface area contributed by atoms with Crippen LogP contribution in [0.5, 0.6) is 11.5 Å². The van der Waals surface area contributed by atoms with Crippen LogP contribution in [0.1, 0.15) is 16.7 Å². The zero-order valence-electron chi connectivity index (χ0n) is 18.1. The number of nitrogens with zero attached hydrogens (tertiary/aromatic N) is 1. The highest BCUT2D eigenvalue weighted by Crippen LogP contribution is 2.42. The predicted molar refractivity (Wildman–Crippen MR) is 128 cm³/mol. The van der Waals surface area contributed by atoms with Gasteiger partial charge in [0.2, 0.25) is 0 Å². The van der Waals surface area contributed by atoms with Crippen LogP contribution in [-0.2, 0) is 15.3 Å². The molecule has 0 fully saturated rings. The van der Waals surface area contributed by atoms with Gasteiger partial charge in [-0.25, -0.2) is 4.90 Å². The fraction of sp³-hybridized carbons (Fsp3) is 0.154. The van der Waals surface area contributed by atoms with Gasteiger partial charge in [0.1, 0.15) is 11.5 Å². The molecule has 162 valence electrons. The maximum Gasteiger partial charge on any atom is 0.272 e. The number of anilines is 1. The molecule has 0 radical (unpaired) electrons. The Bertz CT molecular complexity index is 1190. The number of methoxy groups -OCH3 is 2. The van der Waals surface area contributed by atoms with Crippen molar-refractivity contribution in [2.75, 3.05) is 19.1 Å². The normalized spacial score (nSPS) is 13.7. The summed E-state index contributed by atoms with van der Waals surface area (Å²) in [5.41, 5.74) is 3.52. The summed E-state index contributed by atoms with van der Waals surface area (Å²) in [6.07, 6.45) is 0. The third-order valence-electron chi connectivity index (χ3n) is 5.22. The molecule has 0 aromatic heterocycles. The Morgan fingerprint density at radius 2 is 1.56 bits per heavy atom. The van der Waals surface area contributed by atoms with E-state index in [1.807, 2.05) is 43.3 Å². The molecule has 0 aliphatic carbocycles. The van der Waals surface area contributed by atoms with Gasteiger partial charge in [-0.3, -0.25) is 9.59 Å². The molecule has 1 aliphatic rings. The van der Waals surface area contributed by atoms with Gasteiger partial charge in [-0.15, -0.1) is 11.8 Å². The van der Waals surface area contributed by atoms with E-state index in [1.165, 1.54) is 23.8 Å². The molecule has 3 aromatic carbocycles. The molecule has 4 rings (SSSR count). The zero-order chi connectivity index (χ0) is 22.7. The zero-order valence-corrected chi connectivity index (χ0v) is 18.9. The average molecular weight is 446 g/mol. The molecule has 0 unspecified atom stereocenters. The molecule has 0 N–H and O–H groups in total. The van der Waals surface area contributed by atoms with Crippen molar-refractivity contribution in [2.24, 2.45) is 0 Å². The molecule has 1 aliphatic heterocycles. The Morgan fingerprint density at radius 1 is 0.844 bits per heavy atom. The van der Waals surface area contributed by atoms with E-state index in [1.54, 1.807) is 43.5 Å². The molecule has 0 atom stereocenters. The van der Waals surface area contributed by atoms with Crippen molar-refractivity contribution in [1.82, 2.24) is 0 Å². The molecule has 6 heteroatoms. The number of hydrogen-bond donors (Lipinski definition) is 0. The third-order valence-corrected chi connectivity index (χ3v) is 6.37. The monoisotopic (exact) mass is 445 g/mol. The van der Waals surface area contributed by atoms with Gasteiger partial charge in [0, 0.05) is 5.75 Å². The molecule has 0 saturated heterocycles. The van der Waals surface area contributed by atoms with E-state index < -0.39 is 0 Å². The molecular weight excluding hydrogens is 422 g/mol. The van der Waals surface area contributed by atoms with Crippen molar-refractivity contribution in [3.63, 3.8) is 0 Å². The summed E-state index contributed by atoms with van der Waals surface area (Å²) >= 11 is 1.37. The van der Waals surface area contributed by atoms with Crippen LogP contribution in [0.2, 0.25) is 0 Å². The lowest BCUT2D eigenvalue weighted by Gasteiger charge is -2.19. The van der Waals surface area contributed by atoms with E-state index in [0.717, 1.165) is 11.1 Å². The van der Waals surface area contributed by atoms with E-state index in [9.17, 15) is 9.59 Å². The Labute approximate surface area is 191 Å². The predicted octanol–water partition coefficient (Wildman–Crippen LogP) is 5.23. The minimum absolute atomic E-state index is 0.342. The van der Waals surface area contributed by atoms with Crippen molar-refractivity contribution in [3.8, 4) is 11.5 Å². The first-order chi connectivity index (χ1) is 15.5. The standard InChI is InChI=1S/C26H23NO4S/c1-17-9-14-22(31-3)21(15-17)27-25(28)23(19-10-12-20(30-2)13-11-19)24(26(27)29)32-16-18-7-5-4-6-8-18/h4-15H,16H2,1-3H3. The number of rotatable bonds is 7. The maximum absolute atomic E-state index is 13.6. The van der Waals surface area contributed by atoms with Gasteiger partial charge in [-0.2, -0.15) is 0 Å². The molecule has 3 aromatic rings. The van der Waals surface area contributed by atoms with Crippen LogP contribution in [0.3, 0.4) is 0 Å². The van der Waals surface area contributed by atoms with Crippen molar-refractivity contribution in [3.05, 3.63) is 94.4 Å². The number of thioether (sulfide) groups is 1. The van der Waals surface area contributed by atoms with Crippen LogP contribution in [0.15, 0.2) is 77.7 Å². The van der Waals surface area contributed by atoms with Gasteiger partial charge in [0.25, 0.3) is 11.8 Å². The Hall–Kier alpha value is -3.51. The number of benzene rings is 3. The van der Waals surface area contributed by atoms with Crippen LogP contribution < -0.4 is 14.4 Å². The lowest BCUT2D eigenvalue weighted by Crippen LogP contribution is -2.31. The van der Waals surface area contributed by atoms with E-state index in [-0.39, 0.29) is 11.8 Å². The molecule has 2 amide bonds. The number of ether oxygens (including phenoxy) is 2. The van der Waals surface area contributed by atoms with Crippen LogP contribution >= 0.6 is 11.8 Å². The molecule has 1 heterocycles. The Kier molecular flexibility index (Phi) is 6.32. The van der Waals surface area contributed by atoms with Crippen LogP contribution in [0, 0.1) is 6.92 Å². The van der Waals surface area contributed by atoms with E-state index >= 15 is 0 Å². The molecular formula is C26H23NO4S. The van der Waals surface area contributed by atoms with E-state index in [0.29, 0.717) is 39.0 Å². The largest absolute Gasteiger partial charge is 0.497 e. The van der Waals surface area contributed by atoms with Crippen molar-refractivity contribution in [2.45, 2.75) is 12.7 Å². The van der Waals surface area contributed by atoms with Gasteiger partial charge < -0.3 is 9.47 Å². The highest BCUT2D eigenvalue weighted by Gasteiger charge is 2.41. The van der Waals surface area contributed by atoms with Gasteiger partial charge >= 0.3 is 0 Å². The number of carbonyl (C=O) groups is 2. The van der Waals surface area contributed by atoms with E-state index in [2.05, 4.69) is 0 Å². The fourth-order valence-corrected chi connectivity index (χ4v) is 4.65. The molecule has 5 nitrogen and oxygen atoms in total. The summed E-state index contributed by atoms with van der Waals surface area (Å²) in [4.78, 5) is 28.8. The molecule has 32 heavy (non-hydrogen) atoms. The topological polar surface area (TPSA) is 55.8 Å². The average Bonchev–Trinajstić information content (AvgIpc) is 3.07. The summed E-state index contributed by atoms with van der Waals surface area (Å²) in [6, 6.07) is 22.5. The van der Waals surface area contributed by atoms with Crippen LogP contribution in [-0.4, -0.2) is 26.0 Å². The quantitative estimate of drug-likeness (QED) is 0.466. The lowest BCUT2D eigenvalue weighted by molar-refractivity contribution is -0.119. The summed E-state index contributed by atoms with van der Waals surface area (Å²) in [5, 5.41) is 0. The number of hydrogen-bond acceptors (Lipinski definition) is 5. The second kappa shape index (κ2) is 9.32. The summed E-state index contributed by atoms with van der Waals surface area (Å²) in [6.45, 7) is 1.91. The van der Waals surface area contributed by atoms with Crippen LogP contribution in [0.25, 0.3) is 5.57 Å². The smallest absolute Gasteiger partial charge is 0.272 e. The van der Waals surface area contributed by atoms with E-state index in [4.69, 9.17) is 9.47 Å². The SMILES string of the molecule is COc1ccc(C2=C(SCc3ccccc3)C(=O)N(c3cc(C)ccc3OC)C2=O)cc1. The molecule has 0 bridgehead atoms. The summed E-state index contributed by atoms with van der Waals surface area (Å²) < 4.78 is 10.7. The van der Waals surface area contributed by atoms with Gasteiger partial charge in [0.05, 0.1) is 30.4 Å². The Balaban J connectivity index is 1.78. The van der Waals surface area contributed by atoms with Gasteiger partial charge in [0.15, 0.2) is 0 Å². The van der Waals surface area contributed by atoms with Crippen molar-refractivity contribution in [1.29, 1.82) is 0 Å².